The highest BCUT2D eigenvalue weighted by Crippen LogP contribution is 2.34. The molecule has 11 nitrogen and oxygen atoms in total. The van der Waals surface area contributed by atoms with Crippen molar-refractivity contribution in [3.63, 3.8) is 0 Å². The van der Waals surface area contributed by atoms with Crippen LogP contribution in [0.5, 0.6) is 17.2 Å². The number of hydrogen-bond acceptors (Lipinski definition) is 10. The molecule has 1 aliphatic heterocycles. The van der Waals surface area contributed by atoms with Gasteiger partial charge in [-0.2, -0.15) is 5.10 Å². The van der Waals surface area contributed by atoms with E-state index in [1.165, 1.54) is 6.92 Å². The lowest BCUT2D eigenvalue weighted by Crippen LogP contribution is -2.09. The number of pyridine rings is 1. The van der Waals surface area contributed by atoms with Crippen LogP contribution in [0.3, 0.4) is 0 Å². The molecule has 1 fully saturated rings. The summed E-state index contributed by atoms with van der Waals surface area (Å²) >= 11 is 0. The zero-order valence-electron chi connectivity index (χ0n) is 24.4. The molecule has 0 bridgehead atoms. The number of nitrogens with one attached hydrogen (secondary N) is 2. The number of benzene rings is 1. The largest absolute Gasteiger partial charge is 0.497 e. The minimum Gasteiger partial charge on any atom is -0.497 e. The first-order valence-corrected chi connectivity index (χ1v) is 13.9. The van der Waals surface area contributed by atoms with Crippen molar-refractivity contribution in [2.24, 2.45) is 0 Å². The molecule has 12 heteroatoms. The van der Waals surface area contributed by atoms with Crippen LogP contribution in [0.15, 0.2) is 48.9 Å². The first-order chi connectivity index (χ1) is 20.3. The Morgan fingerprint density at radius 1 is 1.02 bits per heavy atom. The summed E-state index contributed by atoms with van der Waals surface area (Å²) in [4.78, 5) is 13.3. The molecule has 1 aliphatic rings. The molecule has 4 heterocycles. The van der Waals surface area contributed by atoms with E-state index in [0.29, 0.717) is 47.9 Å². The topological polar surface area (TPSA) is 117 Å². The Bertz CT molecular complexity index is 1510. The molecule has 42 heavy (non-hydrogen) atoms. The molecule has 1 saturated heterocycles. The van der Waals surface area contributed by atoms with Gasteiger partial charge in [0.05, 0.1) is 39.2 Å². The van der Waals surface area contributed by atoms with Crippen LogP contribution in [0.25, 0.3) is 11.1 Å². The van der Waals surface area contributed by atoms with E-state index in [9.17, 15) is 4.39 Å². The van der Waals surface area contributed by atoms with Gasteiger partial charge in [-0.05, 0) is 39.3 Å². The van der Waals surface area contributed by atoms with E-state index < -0.39 is 6.17 Å². The third-order valence-corrected chi connectivity index (χ3v) is 6.73. The van der Waals surface area contributed by atoms with Gasteiger partial charge < -0.3 is 29.6 Å². The van der Waals surface area contributed by atoms with Crippen LogP contribution in [0.2, 0.25) is 0 Å². The van der Waals surface area contributed by atoms with Crippen LogP contribution in [-0.2, 0) is 11.3 Å². The lowest BCUT2D eigenvalue weighted by Gasteiger charge is -2.16. The molecule has 3 aromatic heterocycles. The molecule has 0 saturated carbocycles. The van der Waals surface area contributed by atoms with E-state index in [-0.39, 0.29) is 18.0 Å². The lowest BCUT2D eigenvalue weighted by atomic mass is 10.1. The summed E-state index contributed by atoms with van der Waals surface area (Å²) in [5.74, 6) is 3.36. The Kier molecular flexibility index (Phi) is 9.01. The second kappa shape index (κ2) is 13.0. The molecular weight excluding hydrogens is 541 g/mol. The third-order valence-electron chi connectivity index (χ3n) is 6.73. The summed E-state index contributed by atoms with van der Waals surface area (Å²) < 4.78 is 38.8. The Morgan fingerprint density at radius 3 is 2.57 bits per heavy atom. The van der Waals surface area contributed by atoms with E-state index in [1.54, 1.807) is 38.6 Å². The van der Waals surface area contributed by atoms with Crippen molar-refractivity contribution in [1.29, 1.82) is 0 Å². The smallest absolute Gasteiger partial charge is 0.166 e. The van der Waals surface area contributed by atoms with Crippen LogP contribution >= 0.6 is 0 Å². The number of ether oxygens (including phenoxy) is 4. The van der Waals surface area contributed by atoms with E-state index in [1.807, 2.05) is 43.1 Å². The van der Waals surface area contributed by atoms with Crippen molar-refractivity contribution in [2.75, 3.05) is 38.1 Å². The number of halogens is 1. The fraction of sp³-hybridized carbons (Fsp3) is 0.400. The Hall–Kier alpha value is -4.45. The first-order valence-electron chi connectivity index (χ1n) is 13.9. The maximum atomic E-state index is 14.4. The van der Waals surface area contributed by atoms with Gasteiger partial charge in [0.2, 0.25) is 0 Å². The number of anilines is 3. The summed E-state index contributed by atoms with van der Waals surface area (Å²) in [6.07, 6.45) is 5.03. The zero-order chi connectivity index (χ0) is 29.6. The second-order valence-electron chi connectivity index (χ2n) is 10.2. The molecule has 0 amide bonds. The van der Waals surface area contributed by atoms with E-state index in [2.05, 4.69) is 30.7 Å². The molecule has 0 spiro atoms. The molecule has 0 aliphatic carbocycles. The van der Waals surface area contributed by atoms with Crippen molar-refractivity contribution in [3.05, 3.63) is 60.3 Å². The van der Waals surface area contributed by atoms with Gasteiger partial charge in [0, 0.05) is 60.4 Å². The fourth-order valence-electron chi connectivity index (χ4n) is 4.59. The van der Waals surface area contributed by atoms with E-state index in [4.69, 9.17) is 18.9 Å². The van der Waals surface area contributed by atoms with Crippen LogP contribution in [0.4, 0.5) is 21.8 Å². The average Bonchev–Trinajstić information content (AvgIpc) is 3.68. The Labute approximate surface area is 244 Å². The molecule has 1 aromatic carbocycles. The van der Waals surface area contributed by atoms with E-state index in [0.717, 1.165) is 29.7 Å². The molecule has 2 atom stereocenters. The Balaban J connectivity index is 1.38. The quantitative estimate of drug-likeness (QED) is 0.211. The average molecular weight is 578 g/mol. The number of methoxy groups -OCH3 is 2. The molecule has 222 valence electrons. The fourth-order valence-corrected chi connectivity index (χ4v) is 4.59. The van der Waals surface area contributed by atoms with Gasteiger partial charge in [-0.3, -0.25) is 4.68 Å². The summed E-state index contributed by atoms with van der Waals surface area (Å²) in [6.45, 7) is 7.11. The molecular formula is C30H36FN7O4. The van der Waals surface area contributed by atoms with Crippen LogP contribution in [0.1, 0.15) is 50.8 Å². The molecule has 5 rings (SSSR count). The number of hydrogen-bond donors (Lipinski definition) is 2. The van der Waals surface area contributed by atoms with Crippen molar-refractivity contribution in [2.45, 2.75) is 52.1 Å². The molecule has 1 unspecified atom stereocenters. The summed E-state index contributed by atoms with van der Waals surface area (Å²) in [5, 5.41) is 11.0. The van der Waals surface area contributed by atoms with Crippen LogP contribution in [0, 0.1) is 0 Å². The maximum Gasteiger partial charge on any atom is 0.166 e. The van der Waals surface area contributed by atoms with E-state index >= 15 is 0 Å². The molecule has 0 radical (unpaired) electrons. The van der Waals surface area contributed by atoms with Crippen molar-refractivity contribution < 1.29 is 23.3 Å². The Morgan fingerprint density at radius 2 is 1.86 bits per heavy atom. The number of alkyl halides is 1. The van der Waals surface area contributed by atoms with Gasteiger partial charge in [-0.1, -0.05) is 0 Å². The van der Waals surface area contributed by atoms with Crippen LogP contribution < -0.4 is 24.8 Å². The molecule has 4 aromatic rings. The first kappa shape index (κ1) is 29.1. The van der Waals surface area contributed by atoms with Gasteiger partial charge in [0.1, 0.15) is 34.7 Å². The minimum absolute atomic E-state index is 0.0442. The highest BCUT2D eigenvalue weighted by Gasteiger charge is 2.20. The van der Waals surface area contributed by atoms with Gasteiger partial charge in [-0.15, -0.1) is 0 Å². The highest BCUT2D eigenvalue weighted by molar-refractivity contribution is 5.71. The predicted molar refractivity (Wildman–Crippen MR) is 157 cm³/mol. The van der Waals surface area contributed by atoms with Crippen LogP contribution in [-0.4, -0.2) is 58.3 Å². The summed E-state index contributed by atoms with van der Waals surface area (Å²) in [7, 11) is 3.20. The highest BCUT2D eigenvalue weighted by atomic mass is 19.1. The molecule has 2 N–H and O–H groups in total. The minimum atomic E-state index is -1.38. The van der Waals surface area contributed by atoms with Gasteiger partial charge >= 0.3 is 0 Å². The number of aromatic nitrogens is 5. The lowest BCUT2D eigenvalue weighted by molar-refractivity contribution is 0.184. The van der Waals surface area contributed by atoms with Gasteiger partial charge in [0.25, 0.3) is 0 Å². The summed E-state index contributed by atoms with van der Waals surface area (Å²) in [6, 6.07) is 9.29. The summed E-state index contributed by atoms with van der Waals surface area (Å²) in [5.41, 5.74) is 2.60. The van der Waals surface area contributed by atoms with Gasteiger partial charge in [0.15, 0.2) is 12.0 Å². The zero-order valence-corrected chi connectivity index (χ0v) is 24.4. The predicted octanol–water partition coefficient (Wildman–Crippen LogP) is 5.89. The normalized spacial score (nSPS) is 15.5. The van der Waals surface area contributed by atoms with Crippen molar-refractivity contribution in [1.82, 2.24) is 24.7 Å². The SMILES string of the molecule is COc1ccc(CNc2cc(Nc3cc(OC(C)C)c(-c4cnn([C@H]5CCOC5)c4)cn3)nc(C(C)F)n2)c(OC)c1. The maximum absolute atomic E-state index is 14.4. The van der Waals surface area contributed by atoms with Crippen molar-refractivity contribution in [3.8, 4) is 28.4 Å². The second-order valence-corrected chi connectivity index (χ2v) is 10.2. The van der Waals surface area contributed by atoms with Gasteiger partial charge in [-0.25, -0.2) is 19.3 Å². The monoisotopic (exact) mass is 577 g/mol. The van der Waals surface area contributed by atoms with Crippen molar-refractivity contribution >= 4 is 17.5 Å². The third kappa shape index (κ3) is 6.88. The standard InChI is InChI=1S/C30H36FN7O4/c1-18(2)42-26-11-27(33-15-24(26)21-14-34-38(16-21)22-8-9-41-17-22)35-29-12-28(36-30(37-29)19(3)31)32-13-20-6-7-23(39-4)10-25(20)40-5/h6-7,10-12,14-16,18-19,22H,8-9,13,17H2,1-5H3,(H2,32,33,35,36,37)/t19?,22-/m0/s1. The number of rotatable bonds is 12. The number of nitrogens with zero attached hydrogens (tertiary/aromatic N) is 5.